The van der Waals surface area contributed by atoms with E-state index in [0.29, 0.717) is 22.8 Å². The van der Waals surface area contributed by atoms with Crippen molar-refractivity contribution in [2.75, 3.05) is 14.2 Å². The summed E-state index contributed by atoms with van der Waals surface area (Å²) in [7, 11) is 3.01. The van der Waals surface area contributed by atoms with Crippen molar-refractivity contribution in [3.8, 4) is 22.9 Å². The lowest BCUT2D eigenvalue weighted by Gasteiger charge is -2.14. The Bertz CT molecular complexity index is 662. The lowest BCUT2D eigenvalue weighted by molar-refractivity contribution is -0.134. The van der Waals surface area contributed by atoms with Crippen molar-refractivity contribution in [2.45, 2.75) is 25.9 Å². The van der Waals surface area contributed by atoms with Gasteiger partial charge in [-0.05, 0) is 37.1 Å². The molecule has 0 unspecified atom stereocenters. The molecule has 0 saturated carbocycles. The van der Waals surface area contributed by atoms with Gasteiger partial charge in [0.1, 0.15) is 17.1 Å². The number of hydrogen-bond acceptors (Lipinski definition) is 4. The minimum Gasteiger partial charge on any atom is -0.496 e. The third kappa shape index (κ3) is 4.34. The Morgan fingerprint density at radius 3 is 2.22 bits per heavy atom. The van der Waals surface area contributed by atoms with E-state index in [1.54, 1.807) is 12.1 Å². The number of benzene rings is 1. The normalized spacial score (nSPS) is 11.4. The lowest BCUT2D eigenvalue weighted by Crippen LogP contribution is -2.09. The van der Waals surface area contributed by atoms with E-state index in [4.69, 9.17) is 9.47 Å². The van der Waals surface area contributed by atoms with Crippen LogP contribution < -0.4 is 9.47 Å². The summed E-state index contributed by atoms with van der Waals surface area (Å²) in [5.74, 6) is 1.29. The van der Waals surface area contributed by atoms with E-state index < -0.39 is 12.6 Å². The molecule has 0 bridgehead atoms. The van der Waals surface area contributed by atoms with Crippen molar-refractivity contribution in [3.05, 3.63) is 35.7 Å². The highest BCUT2D eigenvalue weighted by Gasteiger charge is 2.27. The molecule has 7 heteroatoms. The van der Waals surface area contributed by atoms with E-state index in [0.717, 1.165) is 5.56 Å². The molecule has 2 aromatic rings. The SMILES string of the molecule is COc1cc(C)cc(OC)c1-c1nccc(CCC(F)(F)F)n1. The molecule has 2 rings (SSSR count). The maximum Gasteiger partial charge on any atom is 0.389 e. The minimum atomic E-state index is -4.22. The number of hydrogen-bond donors (Lipinski definition) is 0. The fourth-order valence-corrected chi connectivity index (χ4v) is 2.19. The highest BCUT2D eigenvalue weighted by atomic mass is 19.4. The molecule has 1 aromatic heterocycles. The predicted octanol–water partition coefficient (Wildman–Crippen LogP) is 3.96. The lowest BCUT2D eigenvalue weighted by atomic mass is 10.1. The van der Waals surface area contributed by atoms with E-state index in [9.17, 15) is 13.2 Å². The van der Waals surface area contributed by atoms with Crippen molar-refractivity contribution in [1.29, 1.82) is 0 Å². The molecule has 0 atom stereocenters. The molecule has 1 aromatic carbocycles. The summed E-state index contributed by atoms with van der Waals surface area (Å²) >= 11 is 0. The first kappa shape index (κ1) is 17.1. The zero-order valence-corrected chi connectivity index (χ0v) is 13.1. The molecule has 0 fully saturated rings. The van der Waals surface area contributed by atoms with Gasteiger partial charge in [-0.2, -0.15) is 13.2 Å². The maximum absolute atomic E-state index is 12.4. The van der Waals surface area contributed by atoms with Crippen LogP contribution in [-0.2, 0) is 6.42 Å². The Balaban J connectivity index is 2.42. The largest absolute Gasteiger partial charge is 0.496 e. The van der Waals surface area contributed by atoms with Crippen LogP contribution in [0.4, 0.5) is 13.2 Å². The smallest absolute Gasteiger partial charge is 0.389 e. The zero-order valence-electron chi connectivity index (χ0n) is 13.1. The van der Waals surface area contributed by atoms with E-state index in [2.05, 4.69) is 9.97 Å². The first-order chi connectivity index (χ1) is 10.8. The molecule has 0 N–H and O–H groups in total. The topological polar surface area (TPSA) is 44.2 Å². The van der Waals surface area contributed by atoms with Crippen LogP contribution in [0.5, 0.6) is 11.5 Å². The van der Waals surface area contributed by atoms with Crippen LogP contribution >= 0.6 is 0 Å². The average molecular weight is 326 g/mol. The molecule has 0 aliphatic rings. The van der Waals surface area contributed by atoms with Crippen LogP contribution in [-0.4, -0.2) is 30.4 Å². The van der Waals surface area contributed by atoms with Gasteiger partial charge in [-0.1, -0.05) is 0 Å². The summed E-state index contributed by atoms with van der Waals surface area (Å²) in [6.07, 6.45) is -3.90. The summed E-state index contributed by atoms with van der Waals surface area (Å²) in [5.41, 5.74) is 1.77. The molecule has 0 radical (unpaired) electrons. The third-order valence-electron chi connectivity index (χ3n) is 3.25. The van der Waals surface area contributed by atoms with Crippen LogP contribution in [0.25, 0.3) is 11.4 Å². The van der Waals surface area contributed by atoms with Crippen molar-refractivity contribution in [1.82, 2.24) is 9.97 Å². The van der Waals surface area contributed by atoms with Crippen LogP contribution in [0, 0.1) is 6.92 Å². The summed E-state index contributed by atoms with van der Waals surface area (Å²) in [6, 6.07) is 5.07. The monoisotopic (exact) mass is 326 g/mol. The summed E-state index contributed by atoms with van der Waals surface area (Å²) in [6.45, 7) is 1.88. The van der Waals surface area contributed by atoms with Gasteiger partial charge in [-0.25, -0.2) is 9.97 Å². The number of aryl methyl sites for hydroxylation is 2. The third-order valence-corrected chi connectivity index (χ3v) is 3.25. The average Bonchev–Trinajstić information content (AvgIpc) is 2.51. The van der Waals surface area contributed by atoms with E-state index >= 15 is 0 Å². The van der Waals surface area contributed by atoms with Crippen molar-refractivity contribution in [3.63, 3.8) is 0 Å². The molecule has 0 aliphatic heterocycles. The Hall–Kier alpha value is -2.31. The fraction of sp³-hybridized carbons (Fsp3) is 0.375. The quantitative estimate of drug-likeness (QED) is 0.834. The second kappa shape index (κ2) is 6.85. The number of rotatable bonds is 5. The number of nitrogens with zero attached hydrogens (tertiary/aromatic N) is 2. The second-order valence-electron chi connectivity index (χ2n) is 5.03. The standard InChI is InChI=1S/C16H17F3N2O2/c1-10-8-12(22-2)14(13(9-10)23-3)15-20-7-5-11(21-15)4-6-16(17,18)19/h5,7-9H,4,6H2,1-3H3. The van der Waals surface area contributed by atoms with Gasteiger partial charge in [0.25, 0.3) is 0 Å². The molecule has 23 heavy (non-hydrogen) atoms. The van der Waals surface area contributed by atoms with Gasteiger partial charge >= 0.3 is 6.18 Å². The first-order valence-corrected chi connectivity index (χ1v) is 6.95. The van der Waals surface area contributed by atoms with Crippen LogP contribution in [0.3, 0.4) is 0 Å². The Labute approximate surface area is 132 Å². The van der Waals surface area contributed by atoms with Gasteiger partial charge in [0, 0.05) is 18.3 Å². The van der Waals surface area contributed by atoms with Crippen molar-refractivity contribution < 1.29 is 22.6 Å². The van der Waals surface area contributed by atoms with E-state index in [1.165, 1.54) is 26.5 Å². The summed E-state index contributed by atoms with van der Waals surface area (Å²) < 4.78 is 47.8. The van der Waals surface area contributed by atoms with Gasteiger partial charge in [0.15, 0.2) is 5.82 Å². The summed E-state index contributed by atoms with van der Waals surface area (Å²) in [5, 5.41) is 0. The van der Waals surface area contributed by atoms with E-state index in [-0.39, 0.29) is 12.2 Å². The molecule has 1 heterocycles. The molecular weight excluding hydrogens is 309 g/mol. The number of alkyl halides is 3. The highest BCUT2D eigenvalue weighted by Crippen LogP contribution is 2.37. The summed E-state index contributed by atoms with van der Waals surface area (Å²) in [4.78, 5) is 8.37. The molecule has 0 aliphatic carbocycles. The van der Waals surface area contributed by atoms with Gasteiger partial charge in [0.05, 0.1) is 14.2 Å². The molecule has 0 saturated heterocycles. The molecular formula is C16H17F3N2O2. The van der Waals surface area contributed by atoms with Gasteiger partial charge in [0.2, 0.25) is 0 Å². The van der Waals surface area contributed by atoms with Crippen molar-refractivity contribution >= 4 is 0 Å². The first-order valence-electron chi connectivity index (χ1n) is 6.95. The number of ether oxygens (including phenoxy) is 2. The van der Waals surface area contributed by atoms with Crippen LogP contribution in [0.15, 0.2) is 24.4 Å². The second-order valence-corrected chi connectivity index (χ2v) is 5.03. The molecule has 124 valence electrons. The molecule has 0 amide bonds. The Morgan fingerprint density at radius 1 is 1.09 bits per heavy atom. The number of halogens is 3. The van der Waals surface area contributed by atoms with Gasteiger partial charge in [-0.3, -0.25) is 0 Å². The van der Waals surface area contributed by atoms with Gasteiger partial charge in [-0.15, -0.1) is 0 Å². The Kier molecular flexibility index (Phi) is 5.08. The maximum atomic E-state index is 12.4. The number of methoxy groups -OCH3 is 2. The van der Waals surface area contributed by atoms with Crippen LogP contribution in [0.1, 0.15) is 17.7 Å². The molecule has 0 spiro atoms. The van der Waals surface area contributed by atoms with Crippen LogP contribution in [0.2, 0.25) is 0 Å². The highest BCUT2D eigenvalue weighted by molar-refractivity contribution is 5.72. The minimum absolute atomic E-state index is 0.199. The Morgan fingerprint density at radius 2 is 1.70 bits per heavy atom. The van der Waals surface area contributed by atoms with E-state index in [1.807, 2.05) is 6.92 Å². The molecule has 4 nitrogen and oxygen atoms in total. The number of aromatic nitrogens is 2. The zero-order chi connectivity index (χ0) is 17.0. The van der Waals surface area contributed by atoms with Crippen molar-refractivity contribution in [2.24, 2.45) is 0 Å². The fourth-order valence-electron chi connectivity index (χ4n) is 2.19. The predicted molar refractivity (Wildman–Crippen MR) is 79.7 cm³/mol. The van der Waals surface area contributed by atoms with Gasteiger partial charge < -0.3 is 9.47 Å².